The Morgan fingerprint density at radius 1 is 1.11 bits per heavy atom. The molecule has 0 aliphatic heterocycles. The minimum absolute atomic E-state index is 0.228. The highest BCUT2D eigenvalue weighted by Gasteiger charge is 2.79. The quantitative estimate of drug-likeness (QED) is 0.425. The molecule has 0 amide bonds. The third-order valence-corrected chi connectivity index (χ3v) is 6.56. The molecule has 2 aromatic rings. The molecule has 0 bridgehead atoms. The number of pyridine rings is 1. The molecule has 0 N–H and O–H groups in total. The lowest BCUT2D eigenvalue weighted by Gasteiger charge is -2.17. The van der Waals surface area contributed by atoms with Gasteiger partial charge in [-0.05, 0) is 30.7 Å². The largest absolute Gasteiger partial charge is 0.468 e. The van der Waals surface area contributed by atoms with Crippen LogP contribution in [0.2, 0.25) is 0 Å². The molecule has 1 fully saturated rings. The van der Waals surface area contributed by atoms with Crippen molar-refractivity contribution in [1.82, 2.24) is 4.98 Å². The Kier molecular flexibility index (Phi) is 6.46. The number of rotatable bonds is 9. The van der Waals surface area contributed by atoms with Crippen molar-refractivity contribution in [2.24, 2.45) is 5.41 Å². The number of benzene rings is 1. The van der Waals surface area contributed by atoms with Gasteiger partial charge in [0.05, 0.1) is 18.9 Å². The van der Waals surface area contributed by atoms with E-state index in [1.807, 2.05) is 36.4 Å². The van der Waals surface area contributed by atoms with Crippen molar-refractivity contribution >= 4 is 17.7 Å². The van der Waals surface area contributed by atoms with Crippen LogP contribution in [0, 0.1) is 5.41 Å². The van der Waals surface area contributed by atoms with Gasteiger partial charge in [0, 0.05) is 16.9 Å². The van der Waals surface area contributed by atoms with E-state index in [0.29, 0.717) is 6.61 Å². The molecule has 3 rings (SSSR count). The second kappa shape index (κ2) is 8.66. The van der Waals surface area contributed by atoms with Crippen LogP contribution >= 0.6 is 11.8 Å². The Labute approximate surface area is 172 Å². The summed E-state index contributed by atoms with van der Waals surface area (Å²) >= 11 is 1.59. The molecule has 150 valence electrons. The van der Waals surface area contributed by atoms with E-state index in [2.05, 4.69) is 32.9 Å². The molecule has 1 aliphatic carbocycles. The van der Waals surface area contributed by atoms with Gasteiger partial charge >= 0.3 is 5.97 Å². The number of aromatic nitrogens is 1. The molecule has 28 heavy (non-hydrogen) atoms. The Bertz CT molecular complexity index is 809. The number of carbonyl (C=O) groups is 1. The van der Waals surface area contributed by atoms with Crippen molar-refractivity contribution in [1.29, 1.82) is 0 Å². The highest BCUT2D eigenvalue weighted by molar-refractivity contribution is 7.99. The van der Waals surface area contributed by atoms with Crippen molar-refractivity contribution in [2.45, 2.75) is 61.5 Å². The fourth-order valence-electron chi connectivity index (χ4n) is 4.00. The van der Waals surface area contributed by atoms with Crippen LogP contribution < -0.4 is 0 Å². The summed E-state index contributed by atoms with van der Waals surface area (Å²) < 4.78 is 11.4. The first-order valence-corrected chi connectivity index (χ1v) is 10.7. The van der Waals surface area contributed by atoms with Gasteiger partial charge in [0.15, 0.2) is 0 Å². The predicted molar refractivity (Wildman–Crippen MR) is 112 cm³/mol. The Balaban J connectivity index is 1.88. The topological polar surface area (TPSA) is 48.4 Å². The van der Waals surface area contributed by atoms with E-state index in [4.69, 9.17) is 14.5 Å². The van der Waals surface area contributed by atoms with Gasteiger partial charge in [-0.2, -0.15) is 0 Å². The average molecular weight is 400 g/mol. The second-order valence-corrected chi connectivity index (χ2v) is 8.85. The van der Waals surface area contributed by atoms with Crippen molar-refractivity contribution in [2.75, 3.05) is 13.7 Å². The molecule has 1 aromatic heterocycles. The number of ether oxygens (including phenoxy) is 2. The van der Waals surface area contributed by atoms with Gasteiger partial charge in [0.1, 0.15) is 10.4 Å². The minimum atomic E-state index is -0.860. The smallest absolute Gasteiger partial charge is 0.321 e. The predicted octanol–water partition coefficient (Wildman–Crippen LogP) is 5.26. The Morgan fingerprint density at radius 2 is 1.86 bits per heavy atom. The number of hydrogen-bond acceptors (Lipinski definition) is 5. The summed E-state index contributed by atoms with van der Waals surface area (Å²) in [4.78, 5) is 18.9. The summed E-state index contributed by atoms with van der Waals surface area (Å²) in [7, 11) is 1.44. The van der Waals surface area contributed by atoms with Crippen LogP contribution in [0.15, 0.2) is 58.5 Å². The van der Waals surface area contributed by atoms with E-state index in [9.17, 15) is 4.79 Å². The van der Waals surface area contributed by atoms with E-state index in [-0.39, 0.29) is 17.5 Å². The summed E-state index contributed by atoms with van der Waals surface area (Å²) in [5.74, 6) is -0.271. The van der Waals surface area contributed by atoms with Crippen LogP contribution in [0.25, 0.3) is 0 Å². The van der Waals surface area contributed by atoms with Crippen LogP contribution in [0.4, 0.5) is 0 Å². The van der Waals surface area contributed by atoms with Crippen LogP contribution in [0.1, 0.15) is 45.7 Å². The summed E-state index contributed by atoms with van der Waals surface area (Å²) in [5, 5.41) is 0.861. The van der Waals surface area contributed by atoms with Gasteiger partial charge in [-0.1, -0.05) is 69.6 Å². The summed E-state index contributed by atoms with van der Waals surface area (Å²) in [6.07, 6.45) is 3.03. The molecule has 2 unspecified atom stereocenters. The zero-order valence-electron chi connectivity index (χ0n) is 17.1. The molecular weight excluding hydrogens is 370 g/mol. The molecule has 1 aliphatic rings. The third kappa shape index (κ3) is 3.70. The fraction of sp³-hybridized carbons (Fsp3) is 0.478. The van der Waals surface area contributed by atoms with Gasteiger partial charge in [-0.25, -0.2) is 4.98 Å². The van der Waals surface area contributed by atoms with E-state index < -0.39 is 5.41 Å². The molecule has 2 atom stereocenters. The third-order valence-electron chi connectivity index (χ3n) is 5.61. The minimum Gasteiger partial charge on any atom is -0.468 e. The fourth-order valence-corrected chi connectivity index (χ4v) is 4.83. The first-order valence-electron chi connectivity index (χ1n) is 9.89. The molecule has 1 aromatic carbocycles. The van der Waals surface area contributed by atoms with E-state index >= 15 is 0 Å². The van der Waals surface area contributed by atoms with E-state index in [0.717, 1.165) is 34.9 Å². The molecule has 4 nitrogen and oxygen atoms in total. The normalized spacial score (nSPS) is 22.6. The average Bonchev–Trinajstić information content (AvgIpc) is 3.21. The second-order valence-electron chi connectivity index (χ2n) is 7.76. The van der Waals surface area contributed by atoms with Gasteiger partial charge in [0.2, 0.25) is 0 Å². The van der Waals surface area contributed by atoms with E-state index in [1.165, 1.54) is 7.11 Å². The summed E-state index contributed by atoms with van der Waals surface area (Å²) in [6.45, 7) is 6.94. The SMILES string of the molecule is CCCCCOC1C(C)(C)C1(C(=O)OC)c1cccc(Sc2ccccc2)n1. The van der Waals surface area contributed by atoms with Crippen LogP contribution in [-0.2, 0) is 19.7 Å². The summed E-state index contributed by atoms with van der Waals surface area (Å²) in [6, 6.07) is 16.0. The van der Waals surface area contributed by atoms with Gasteiger partial charge < -0.3 is 9.47 Å². The van der Waals surface area contributed by atoms with Gasteiger partial charge in [-0.3, -0.25) is 4.79 Å². The highest BCUT2D eigenvalue weighted by atomic mass is 32.2. The molecule has 0 radical (unpaired) electrons. The lowest BCUT2D eigenvalue weighted by molar-refractivity contribution is -0.145. The zero-order chi connectivity index (χ0) is 20.2. The maximum absolute atomic E-state index is 12.9. The van der Waals surface area contributed by atoms with Crippen molar-refractivity contribution < 1.29 is 14.3 Å². The van der Waals surface area contributed by atoms with Gasteiger partial charge in [-0.15, -0.1) is 0 Å². The maximum atomic E-state index is 12.9. The Hall–Kier alpha value is -1.85. The molecule has 0 spiro atoms. The first-order chi connectivity index (χ1) is 13.5. The number of unbranched alkanes of at least 4 members (excludes halogenated alkanes) is 2. The standard InChI is InChI=1S/C23H29NO3S/c1-5-6-10-16-27-20-22(2,3)23(20,21(25)26-4)18-14-11-15-19(24-18)28-17-12-8-7-9-13-17/h7-9,11-15,20H,5-6,10,16H2,1-4H3. The van der Waals surface area contributed by atoms with Crippen LogP contribution in [0.5, 0.6) is 0 Å². The molecular formula is C23H29NO3S. The number of methoxy groups -OCH3 is 1. The molecule has 1 saturated carbocycles. The van der Waals surface area contributed by atoms with Crippen molar-refractivity contribution in [3.63, 3.8) is 0 Å². The summed E-state index contributed by atoms with van der Waals surface area (Å²) in [5.41, 5.74) is -0.498. The monoisotopic (exact) mass is 399 g/mol. The maximum Gasteiger partial charge on any atom is 0.321 e. The van der Waals surface area contributed by atoms with E-state index in [1.54, 1.807) is 11.8 Å². The van der Waals surface area contributed by atoms with Crippen molar-refractivity contribution in [3.8, 4) is 0 Å². The number of nitrogens with zero attached hydrogens (tertiary/aromatic N) is 1. The number of carbonyl (C=O) groups excluding carboxylic acids is 1. The number of hydrogen-bond donors (Lipinski definition) is 0. The molecule has 5 heteroatoms. The number of esters is 1. The van der Waals surface area contributed by atoms with Crippen molar-refractivity contribution in [3.05, 3.63) is 54.2 Å². The van der Waals surface area contributed by atoms with Gasteiger partial charge in [0.25, 0.3) is 0 Å². The zero-order valence-corrected chi connectivity index (χ0v) is 17.9. The highest BCUT2D eigenvalue weighted by Crippen LogP contribution is 2.66. The molecule has 1 heterocycles. The Morgan fingerprint density at radius 3 is 2.54 bits per heavy atom. The van der Waals surface area contributed by atoms with Crippen LogP contribution in [0.3, 0.4) is 0 Å². The lowest BCUT2D eigenvalue weighted by atomic mass is 9.92. The van der Waals surface area contributed by atoms with Crippen LogP contribution in [-0.4, -0.2) is 30.8 Å². The lowest BCUT2D eigenvalue weighted by Crippen LogP contribution is -2.30. The molecule has 0 saturated heterocycles. The first kappa shape index (κ1) is 20.9.